The van der Waals surface area contributed by atoms with Crippen LogP contribution < -0.4 is 20.7 Å². The minimum atomic E-state index is 0.535. The van der Waals surface area contributed by atoms with E-state index >= 15 is 0 Å². The number of aliphatic imine (C=N–C) groups is 1. The number of anilines is 1. The monoisotopic (exact) mass is 304 g/mol. The van der Waals surface area contributed by atoms with Gasteiger partial charge in [-0.1, -0.05) is 26.0 Å². The molecule has 0 radical (unpaired) electrons. The summed E-state index contributed by atoms with van der Waals surface area (Å²) in [5.41, 5.74) is 7.07. The van der Waals surface area contributed by atoms with Crippen molar-refractivity contribution in [3.63, 3.8) is 0 Å². The number of para-hydroxylation sites is 2. The van der Waals surface area contributed by atoms with Gasteiger partial charge in [0.2, 0.25) is 0 Å². The molecule has 1 aliphatic heterocycles. The number of rotatable bonds is 6. The first-order valence-corrected chi connectivity index (χ1v) is 8.02. The summed E-state index contributed by atoms with van der Waals surface area (Å²) in [4.78, 5) is 6.72. The van der Waals surface area contributed by atoms with Gasteiger partial charge in [-0.15, -0.1) is 0 Å². The van der Waals surface area contributed by atoms with E-state index < -0.39 is 0 Å². The Hall–Kier alpha value is -1.91. The van der Waals surface area contributed by atoms with Crippen molar-refractivity contribution in [1.29, 1.82) is 0 Å². The fraction of sp³-hybridized carbons (Fsp3) is 0.588. The van der Waals surface area contributed by atoms with Crippen LogP contribution in [-0.4, -0.2) is 39.2 Å². The van der Waals surface area contributed by atoms with Crippen LogP contribution in [0.2, 0.25) is 0 Å². The van der Waals surface area contributed by atoms with Crippen LogP contribution in [0.15, 0.2) is 29.3 Å². The van der Waals surface area contributed by atoms with Crippen LogP contribution >= 0.6 is 0 Å². The molecular weight excluding hydrogens is 276 g/mol. The van der Waals surface area contributed by atoms with E-state index in [0.29, 0.717) is 17.8 Å². The Kier molecular flexibility index (Phi) is 5.92. The molecule has 122 valence electrons. The average molecular weight is 304 g/mol. The van der Waals surface area contributed by atoms with Crippen molar-refractivity contribution < 1.29 is 4.74 Å². The molecule has 0 saturated carbocycles. The predicted octanol–water partition coefficient (Wildman–Crippen LogP) is 2.08. The number of hydrogen-bond acceptors (Lipinski definition) is 3. The standard InChI is InChI=1S/C17H28N4O/c1-13(2)10-19-17(18)20-11-14-8-9-21(12-14)15-6-4-5-7-16(15)22-3/h4-7,13-14H,8-12H2,1-3H3,(H3,18,19,20). The second kappa shape index (κ2) is 7.92. The topological polar surface area (TPSA) is 62.9 Å². The molecule has 1 aromatic carbocycles. The Balaban J connectivity index is 1.84. The molecule has 1 aliphatic rings. The zero-order valence-corrected chi connectivity index (χ0v) is 13.9. The van der Waals surface area contributed by atoms with Crippen LogP contribution in [0.1, 0.15) is 20.3 Å². The van der Waals surface area contributed by atoms with Crippen LogP contribution in [0.5, 0.6) is 5.75 Å². The SMILES string of the molecule is COc1ccccc1N1CCC(CNC(N)=NCC(C)C)C1. The third-order valence-corrected chi connectivity index (χ3v) is 3.91. The molecule has 5 nitrogen and oxygen atoms in total. The molecule has 0 amide bonds. The number of nitrogens with one attached hydrogen (secondary N) is 1. The van der Waals surface area contributed by atoms with Gasteiger partial charge < -0.3 is 20.7 Å². The van der Waals surface area contributed by atoms with Crippen LogP contribution in [0, 0.1) is 11.8 Å². The van der Waals surface area contributed by atoms with E-state index in [1.807, 2.05) is 12.1 Å². The van der Waals surface area contributed by atoms with Crippen LogP contribution in [0.25, 0.3) is 0 Å². The Morgan fingerprint density at radius 3 is 2.95 bits per heavy atom. The van der Waals surface area contributed by atoms with Crippen molar-refractivity contribution >= 4 is 11.6 Å². The molecule has 22 heavy (non-hydrogen) atoms. The van der Waals surface area contributed by atoms with Crippen molar-refractivity contribution in [2.45, 2.75) is 20.3 Å². The first-order valence-electron chi connectivity index (χ1n) is 8.02. The normalized spacial score (nSPS) is 18.8. The quantitative estimate of drug-likeness (QED) is 0.624. The maximum absolute atomic E-state index is 5.90. The number of nitrogens with two attached hydrogens (primary N) is 1. The Labute approximate surface area is 133 Å². The van der Waals surface area contributed by atoms with E-state index in [1.165, 1.54) is 5.69 Å². The number of nitrogens with zero attached hydrogens (tertiary/aromatic N) is 2. The summed E-state index contributed by atoms with van der Waals surface area (Å²) in [5, 5.41) is 3.25. The van der Waals surface area contributed by atoms with E-state index in [-0.39, 0.29) is 0 Å². The van der Waals surface area contributed by atoms with E-state index in [4.69, 9.17) is 10.5 Å². The van der Waals surface area contributed by atoms with Crippen LogP contribution in [-0.2, 0) is 0 Å². The summed E-state index contributed by atoms with van der Waals surface area (Å²) in [7, 11) is 1.72. The lowest BCUT2D eigenvalue weighted by molar-refractivity contribution is 0.414. The van der Waals surface area contributed by atoms with Gasteiger partial charge in [0, 0.05) is 26.2 Å². The summed E-state index contributed by atoms with van der Waals surface area (Å²) in [6.45, 7) is 7.99. The zero-order valence-electron chi connectivity index (χ0n) is 13.9. The molecule has 3 N–H and O–H groups in total. The highest BCUT2D eigenvalue weighted by Crippen LogP contribution is 2.31. The van der Waals surface area contributed by atoms with E-state index in [0.717, 1.165) is 38.3 Å². The molecular formula is C17H28N4O. The van der Waals surface area contributed by atoms with E-state index in [1.54, 1.807) is 7.11 Å². The summed E-state index contributed by atoms with van der Waals surface area (Å²) in [6.07, 6.45) is 1.16. The maximum atomic E-state index is 5.90. The summed E-state index contributed by atoms with van der Waals surface area (Å²) in [5.74, 6) is 2.61. The van der Waals surface area contributed by atoms with Gasteiger partial charge in [0.25, 0.3) is 0 Å². The van der Waals surface area contributed by atoms with Crippen molar-refractivity contribution in [2.75, 3.05) is 38.2 Å². The lowest BCUT2D eigenvalue weighted by Crippen LogP contribution is -2.36. The third kappa shape index (κ3) is 4.55. The summed E-state index contributed by atoms with van der Waals surface area (Å²) >= 11 is 0. The minimum absolute atomic E-state index is 0.535. The van der Waals surface area contributed by atoms with Crippen molar-refractivity contribution in [1.82, 2.24) is 5.32 Å². The zero-order chi connectivity index (χ0) is 15.9. The molecule has 1 atom stereocenters. The van der Waals surface area contributed by atoms with Gasteiger partial charge in [-0.3, -0.25) is 4.99 Å². The number of guanidine groups is 1. The maximum Gasteiger partial charge on any atom is 0.188 e. The van der Waals surface area contributed by atoms with Gasteiger partial charge in [0.1, 0.15) is 5.75 Å². The van der Waals surface area contributed by atoms with E-state index in [2.05, 4.69) is 41.2 Å². The molecule has 1 saturated heterocycles. The van der Waals surface area contributed by atoms with Crippen LogP contribution in [0.4, 0.5) is 5.69 Å². The van der Waals surface area contributed by atoms with Gasteiger partial charge >= 0.3 is 0 Å². The Morgan fingerprint density at radius 2 is 2.23 bits per heavy atom. The first-order chi connectivity index (χ1) is 10.6. The van der Waals surface area contributed by atoms with Crippen molar-refractivity contribution in [3.05, 3.63) is 24.3 Å². The second-order valence-electron chi connectivity index (χ2n) is 6.27. The summed E-state index contributed by atoms with van der Waals surface area (Å²) in [6, 6.07) is 8.19. The molecule has 0 bridgehead atoms. The minimum Gasteiger partial charge on any atom is -0.495 e. The second-order valence-corrected chi connectivity index (χ2v) is 6.27. The fourth-order valence-electron chi connectivity index (χ4n) is 2.69. The number of methoxy groups -OCH3 is 1. The highest BCUT2D eigenvalue weighted by Gasteiger charge is 2.24. The lowest BCUT2D eigenvalue weighted by Gasteiger charge is -2.21. The first kappa shape index (κ1) is 16.5. The average Bonchev–Trinajstić information content (AvgIpc) is 2.99. The molecule has 1 unspecified atom stereocenters. The molecule has 1 aromatic rings. The Bertz CT molecular complexity index is 501. The van der Waals surface area contributed by atoms with Crippen molar-refractivity contribution in [2.24, 2.45) is 22.6 Å². The van der Waals surface area contributed by atoms with E-state index in [9.17, 15) is 0 Å². The number of ether oxygens (including phenoxy) is 1. The molecule has 5 heteroatoms. The number of benzene rings is 1. The van der Waals surface area contributed by atoms with Crippen molar-refractivity contribution in [3.8, 4) is 5.75 Å². The highest BCUT2D eigenvalue weighted by molar-refractivity contribution is 5.77. The largest absolute Gasteiger partial charge is 0.495 e. The fourth-order valence-corrected chi connectivity index (χ4v) is 2.69. The highest BCUT2D eigenvalue weighted by atomic mass is 16.5. The smallest absolute Gasteiger partial charge is 0.188 e. The third-order valence-electron chi connectivity index (χ3n) is 3.91. The van der Waals surface area contributed by atoms with Gasteiger partial charge in [-0.05, 0) is 30.4 Å². The molecule has 0 aliphatic carbocycles. The van der Waals surface area contributed by atoms with Gasteiger partial charge in [-0.25, -0.2) is 0 Å². The van der Waals surface area contributed by atoms with Crippen LogP contribution in [0.3, 0.4) is 0 Å². The van der Waals surface area contributed by atoms with Gasteiger partial charge in [0.15, 0.2) is 5.96 Å². The number of hydrogen-bond donors (Lipinski definition) is 2. The molecule has 1 fully saturated rings. The summed E-state index contributed by atoms with van der Waals surface area (Å²) < 4.78 is 5.45. The molecule has 0 spiro atoms. The molecule has 2 rings (SSSR count). The molecule has 0 aromatic heterocycles. The van der Waals surface area contributed by atoms with Gasteiger partial charge in [-0.2, -0.15) is 0 Å². The predicted molar refractivity (Wildman–Crippen MR) is 92.6 cm³/mol. The lowest BCUT2D eigenvalue weighted by atomic mass is 10.1. The Morgan fingerprint density at radius 1 is 1.45 bits per heavy atom. The molecule has 1 heterocycles. The van der Waals surface area contributed by atoms with Gasteiger partial charge in [0.05, 0.1) is 12.8 Å².